The van der Waals surface area contributed by atoms with E-state index in [4.69, 9.17) is 5.11 Å². The third-order valence-electron chi connectivity index (χ3n) is 2.82. The monoisotopic (exact) mass is 261 g/mol. The Morgan fingerprint density at radius 3 is 2.89 bits per heavy atom. The minimum Gasteiger partial charge on any atom is -0.394 e. The molecule has 2 aromatic rings. The smallest absolute Gasteiger partial charge is 0.295 e. The molecule has 2 N–H and O–H groups in total. The molecule has 0 aliphatic carbocycles. The number of rotatable bonds is 4. The first-order chi connectivity index (χ1) is 9.02. The van der Waals surface area contributed by atoms with Gasteiger partial charge < -0.3 is 10.4 Å². The molecule has 6 nitrogen and oxygen atoms in total. The van der Waals surface area contributed by atoms with Gasteiger partial charge >= 0.3 is 0 Å². The highest BCUT2D eigenvalue weighted by atomic mass is 16.6. The number of aryl methyl sites for hydroxylation is 1. The maximum atomic E-state index is 11.0. The summed E-state index contributed by atoms with van der Waals surface area (Å²) in [7, 11) is 0. The van der Waals surface area contributed by atoms with Crippen LogP contribution < -0.4 is 5.32 Å². The van der Waals surface area contributed by atoms with Gasteiger partial charge in [0.2, 0.25) is 0 Å². The maximum absolute atomic E-state index is 11.0. The first kappa shape index (κ1) is 13.2. The summed E-state index contributed by atoms with van der Waals surface area (Å²) in [6.07, 6.45) is 0. The molecular weight excluding hydrogens is 246 g/mol. The van der Waals surface area contributed by atoms with Gasteiger partial charge in [-0.2, -0.15) is 0 Å². The zero-order valence-electron chi connectivity index (χ0n) is 10.8. The van der Waals surface area contributed by atoms with E-state index in [0.717, 1.165) is 5.69 Å². The third-order valence-corrected chi connectivity index (χ3v) is 2.82. The number of nitrogens with one attached hydrogen (secondary N) is 1. The molecule has 1 atom stereocenters. The average Bonchev–Trinajstić information content (AvgIpc) is 2.37. The standard InChI is InChI=1S/C13H15N3O3/c1-8-6-11(14-9(2)7-17)10-4-3-5-12(16(18)19)13(10)15-8/h3-6,9,17H,7H2,1-2H3,(H,14,15). The van der Waals surface area contributed by atoms with Gasteiger partial charge in [-0.25, -0.2) is 4.98 Å². The van der Waals surface area contributed by atoms with E-state index in [-0.39, 0.29) is 18.3 Å². The highest BCUT2D eigenvalue weighted by Crippen LogP contribution is 2.30. The number of aliphatic hydroxyl groups is 1. The average molecular weight is 261 g/mol. The van der Waals surface area contributed by atoms with E-state index < -0.39 is 4.92 Å². The zero-order chi connectivity index (χ0) is 14.0. The Hall–Kier alpha value is -2.21. The molecule has 1 heterocycles. The Bertz CT molecular complexity index is 628. The van der Waals surface area contributed by atoms with Gasteiger partial charge in [0, 0.05) is 28.9 Å². The lowest BCUT2D eigenvalue weighted by Crippen LogP contribution is -2.19. The van der Waals surface area contributed by atoms with Gasteiger partial charge in [0.25, 0.3) is 5.69 Å². The lowest BCUT2D eigenvalue weighted by atomic mass is 10.1. The summed E-state index contributed by atoms with van der Waals surface area (Å²) in [5, 5.41) is 23.9. The fourth-order valence-corrected chi connectivity index (χ4v) is 1.94. The van der Waals surface area contributed by atoms with Crippen LogP contribution >= 0.6 is 0 Å². The van der Waals surface area contributed by atoms with Crippen LogP contribution in [0.15, 0.2) is 24.3 Å². The van der Waals surface area contributed by atoms with Crippen molar-refractivity contribution in [2.75, 3.05) is 11.9 Å². The Morgan fingerprint density at radius 1 is 1.53 bits per heavy atom. The van der Waals surface area contributed by atoms with Crippen molar-refractivity contribution in [3.05, 3.63) is 40.1 Å². The SMILES string of the molecule is Cc1cc(NC(C)CO)c2cccc([N+](=O)[O-])c2n1. The van der Waals surface area contributed by atoms with Crippen molar-refractivity contribution in [3.8, 4) is 0 Å². The highest BCUT2D eigenvalue weighted by molar-refractivity contribution is 5.96. The van der Waals surface area contributed by atoms with E-state index in [1.54, 1.807) is 19.1 Å². The highest BCUT2D eigenvalue weighted by Gasteiger charge is 2.16. The predicted molar refractivity (Wildman–Crippen MR) is 73.3 cm³/mol. The van der Waals surface area contributed by atoms with E-state index in [1.807, 2.05) is 13.0 Å². The largest absolute Gasteiger partial charge is 0.394 e. The van der Waals surface area contributed by atoms with Crippen molar-refractivity contribution in [3.63, 3.8) is 0 Å². The minimum absolute atomic E-state index is 0.0131. The molecular formula is C13H15N3O3. The molecule has 0 saturated carbocycles. The second-order valence-corrected chi connectivity index (χ2v) is 4.47. The molecule has 0 spiro atoms. The summed E-state index contributed by atoms with van der Waals surface area (Å²) in [6, 6.07) is 6.53. The Morgan fingerprint density at radius 2 is 2.26 bits per heavy atom. The number of anilines is 1. The number of fused-ring (bicyclic) bond motifs is 1. The number of nitro groups is 1. The van der Waals surface area contributed by atoms with Gasteiger partial charge in [-0.1, -0.05) is 12.1 Å². The first-order valence-corrected chi connectivity index (χ1v) is 5.95. The lowest BCUT2D eigenvalue weighted by Gasteiger charge is -2.15. The van der Waals surface area contributed by atoms with Crippen molar-refractivity contribution >= 4 is 22.3 Å². The van der Waals surface area contributed by atoms with Crippen LogP contribution in [0.5, 0.6) is 0 Å². The number of benzene rings is 1. The summed E-state index contributed by atoms with van der Waals surface area (Å²) in [5.41, 5.74) is 1.78. The van der Waals surface area contributed by atoms with Crippen LogP contribution in [0.3, 0.4) is 0 Å². The maximum Gasteiger partial charge on any atom is 0.295 e. The van der Waals surface area contributed by atoms with Crippen LogP contribution in [-0.4, -0.2) is 27.7 Å². The number of hydrogen-bond acceptors (Lipinski definition) is 5. The molecule has 0 radical (unpaired) electrons. The number of aromatic nitrogens is 1. The lowest BCUT2D eigenvalue weighted by molar-refractivity contribution is -0.383. The Labute approximate surface area is 110 Å². The first-order valence-electron chi connectivity index (χ1n) is 5.95. The minimum atomic E-state index is -0.436. The van der Waals surface area contributed by atoms with Crippen molar-refractivity contribution in [1.29, 1.82) is 0 Å². The van der Waals surface area contributed by atoms with E-state index in [9.17, 15) is 10.1 Å². The van der Waals surface area contributed by atoms with Crippen LogP contribution in [0.2, 0.25) is 0 Å². The van der Waals surface area contributed by atoms with E-state index in [2.05, 4.69) is 10.3 Å². The molecule has 0 saturated heterocycles. The van der Waals surface area contributed by atoms with Crippen molar-refractivity contribution in [1.82, 2.24) is 4.98 Å². The molecule has 0 aliphatic rings. The second-order valence-electron chi connectivity index (χ2n) is 4.47. The van der Waals surface area contributed by atoms with Crippen molar-refractivity contribution in [2.24, 2.45) is 0 Å². The molecule has 6 heteroatoms. The molecule has 0 aliphatic heterocycles. The van der Waals surface area contributed by atoms with Crippen LogP contribution in [0.1, 0.15) is 12.6 Å². The Kier molecular flexibility index (Phi) is 3.62. The summed E-state index contributed by atoms with van der Waals surface area (Å²) >= 11 is 0. The molecule has 2 rings (SSSR count). The number of non-ortho nitro benzene ring substituents is 1. The van der Waals surface area contributed by atoms with E-state index in [0.29, 0.717) is 16.6 Å². The van der Waals surface area contributed by atoms with Crippen LogP contribution in [0, 0.1) is 17.0 Å². The van der Waals surface area contributed by atoms with Crippen LogP contribution in [0.25, 0.3) is 10.9 Å². The number of nitro benzene ring substituents is 1. The van der Waals surface area contributed by atoms with E-state index in [1.165, 1.54) is 6.07 Å². The van der Waals surface area contributed by atoms with Crippen LogP contribution in [0.4, 0.5) is 11.4 Å². The van der Waals surface area contributed by atoms with Gasteiger partial charge in [-0.3, -0.25) is 10.1 Å². The topological polar surface area (TPSA) is 88.3 Å². The van der Waals surface area contributed by atoms with Crippen LogP contribution in [-0.2, 0) is 0 Å². The molecule has 0 bridgehead atoms. The summed E-state index contributed by atoms with van der Waals surface area (Å²) in [6.45, 7) is 3.60. The van der Waals surface area contributed by atoms with Gasteiger partial charge in [-0.15, -0.1) is 0 Å². The van der Waals surface area contributed by atoms with E-state index >= 15 is 0 Å². The van der Waals surface area contributed by atoms with Gasteiger partial charge in [0.15, 0.2) is 5.52 Å². The molecule has 19 heavy (non-hydrogen) atoms. The molecule has 1 aromatic heterocycles. The fraction of sp³-hybridized carbons (Fsp3) is 0.308. The summed E-state index contributed by atoms with van der Waals surface area (Å²) < 4.78 is 0. The van der Waals surface area contributed by atoms with Gasteiger partial charge in [0.05, 0.1) is 11.5 Å². The number of nitrogens with zero attached hydrogens (tertiary/aromatic N) is 2. The number of hydrogen-bond donors (Lipinski definition) is 2. The predicted octanol–water partition coefficient (Wildman–Crippen LogP) is 2.24. The number of pyridine rings is 1. The Balaban J connectivity index is 2.65. The zero-order valence-corrected chi connectivity index (χ0v) is 10.8. The van der Waals surface area contributed by atoms with Crippen molar-refractivity contribution < 1.29 is 10.0 Å². The normalized spacial score (nSPS) is 12.4. The summed E-state index contributed by atoms with van der Waals surface area (Å²) in [5.74, 6) is 0. The molecule has 100 valence electrons. The quantitative estimate of drug-likeness (QED) is 0.651. The van der Waals surface area contributed by atoms with Crippen molar-refractivity contribution in [2.45, 2.75) is 19.9 Å². The van der Waals surface area contributed by atoms with Gasteiger partial charge in [-0.05, 0) is 19.9 Å². The molecule has 0 amide bonds. The van der Waals surface area contributed by atoms with Gasteiger partial charge in [0.1, 0.15) is 0 Å². The fourth-order valence-electron chi connectivity index (χ4n) is 1.94. The molecule has 0 fully saturated rings. The number of para-hydroxylation sites is 1. The number of aliphatic hydroxyl groups excluding tert-OH is 1. The molecule has 1 unspecified atom stereocenters. The third kappa shape index (κ3) is 2.63. The summed E-state index contributed by atoms with van der Waals surface area (Å²) in [4.78, 5) is 14.8. The molecule has 1 aromatic carbocycles. The second kappa shape index (κ2) is 5.19.